The van der Waals surface area contributed by atoms with Crippen LogP contribution in [0.15, 0.2) is 42.7 Å². The maximum Gasteiger partial charge on any atom is 0.326 e. The van der Waals surface area contributed by atoms with Gasteiger partial charge in [-0.3, -0.25) is 10.00 Å². The van der Waals surface area contributed by atoms with Crippen molar-refractivity contribution in [3.8, 4) is 16.9 Å². The lowest BCUT2D eigenvalue weighted by atomic mass is 10.1. The maximum atomic E-state index is 13.7. The third kappa shape index (κ3) is 3.40. The summed E-state index contributed by atoms with van der Waals surface area (Å²) in [6.45, 7) is 3.30. The predicted molar refractivity (Wildman–Crippen MR) is 103 cm³/mol. The number of urea groups is 1. The monoisotopic (exact) mass is 381 g/mol. The first kappa shape index (κ1) is 18.0. The minimum Gasteiger partial charge on any atom is -0.497 e. The van der Waals surface area contributed by atoms with E-state index in [0.717, 1.165) is 16.8 Å². The Labute approximate surface area is 161 Å². The number of aryl methyl sites for hydroxylation is 1. The summed E-state index contributed by atoms with van der Waals surface area (Å²) in [5, 5.41) is 6.75. The summed E-state index contributed by atoms with van der Waals surface area (Å²) in [7, 11) is 1.49. The number of methoxy groups -OCH3 is 1. The van der Waals surface area contributed by atoms with E-state index in [1.54, 1.807) is 28.3 Å². The van der Waals surface area contributed by atoms with E-state index >= 15 is 0 Å². The summed E-state index contributed by atoms with van der Waals surface area (Å²) in [5.41, 5.74) is 3.42. The average molecular weight is 381 g/mol. The number of H-pyrrole nitrogens is 1. The lowest BCUT2D eigenvalue weighted by molar-refractivity contribution is 0.218. The van der Waals surface area contributed by atoms with E-state index in [2.05, 4.69) is 15.2 Å². The van der Waals surface area contributed by atoms with Gasteiger partial charge >= 0.3 is 6.03 Å². The molecule has 1 aliphatic rings. The molecule has 8 heteroatoms. The third-order valence-corrected chi connectivity index (χ3v) is 4.79. The van der Waals surface area contributed by atoms with Crippen LogP contribution in [0.2, 0.25) is 0 Å². The molecule has 4 rings (SSSR count). The van der Waals surface area contributed by atoms with Gasteiger partial charge in [0.2, 0.25) is 0 Å². The molecule has 0 atom stereocenters. The molecule has 28 heavy (non-hydrogen) atoms. The molecule has 1 N–H and O–H groups in total. The van der Waals surface area contributed by atoms with E-state index in [1.165, 1.54) is 19.2 Å². The van der Waals surface area contributed by atoms with Crippen LogP contribution >= 0.6 is 0 Å². The van der Waals surface area contributed by atoms with Gasteiger partial charge in [-0.2, -0.15) is 5.10 Å². The molecule has 3 aromatic rings. The summed E-state index contributed by atoms with van der Waals surface area (Å²) in [4.78, 5) is 20.8. The van der Waals surface area contributed by atoms with Crippen molar-refractivity contribution in [3.05, 3.63) is 59.8 Å². The molecule has 0 bridgehead atoms. The number of carbonyl (C=O) groups is 1. The van der Waals surface area contributed by atoms with Gasteiger partial charge in [0.1, 0.15) is 17.4 Å². The molecule has 1 fully saturated rings. The van der Waals surface area contributed by atoms with Gasteiger partial charge in [0, 0.05) is 48.7 Å². The minimum atomic E-state index is -0.384. The highest BCUT2D eigenvalue weighted by Crippen LogP contribution is 2.26. The fourth-order valence-corrected chi connectivity index (χ4v) is 3.39. The number of ether oxygens (including phenoxy) is 1. The van der Waals surface area contributed by atoms with Crippen LogP contribution in [-0.2, 0) is 6.54 Å². The second kappa shape index (κ2) is 7.30. The highest BCUT2D eigenvalue weighted by atomic mass is 19.1. The summed E-state index contributed by atoms with van der Waals surface area (Å²) < 4.78 is 18.8. The first-order valence-electron chi connectivity index (χ1n) is 8.92. The van der Waals surface area contributed by atoms with Crippen molar-refractivity contribution in [1.82, 2.24) is 20.1 Å². The fraction of sp³-hybridized carbons (Fsp3) is 0.250. The smallest absolute Gasteiger partial charge is 0.326 e. The van der Waals surface area contributed by atoms with E-state index in [1.807, 2.05) is 19.1 Å². The Morgan fingerprint density at radius 2 is 2.11 bits per heavy atom. The number of halogens is 1. The van der Waals surface area contributed by atoms with E-state index in [-0.39, 0.29) is 11.8 Å². The summed E-state index contributed by atoms with van der Waals surface area (Å²) >= 11 is 0. The average Bonchev–Trinajstić information content (AvgIpc) is 3.32. The number of pyridine rings is 1. The number of rotatable bonds is 5. The largest absolute Gasteiger partial charge is 0.497 e. The van der Waals surface area contributed by atoms with Crippen molar-refractivity contribution in [3.63, 3.8) is 0 Å². The highest BCUT2D eigenvalue weighted by Gasteiger charge is 2.30. The molecule has 1 aliphatic heterocycles. The van der Waals surface area contributed by atoms with Gasteiger partial charge in [-0.05, 0) is 36.8 Å². The van der Waals surface area contributed by atoms with E-state index in [4.69, 9.17) is 4.74 Å². The first-order chi connectivity index (χ1) is 13.5. The second-order valence-corrected chi connectivity index (χ2v) is 6.64. The Morgan fingerprint density at radius 1 is 1.25 bits per heavy atom. The molecule has 3 heterocycles. The van der Waals surface area contributed by atoms with E-state index < -0.39 is 0 Å². The van der Waals surface area contributed by atoms with Crippen LogP contribution in [0.5, 0.6) is 5.75 Å². The van der Waals surface area contributed by atoms with Crippen molar-refractivity contribution in [2.75, 3.05) is 25.1 Å². The predicted octanol–water partition coefficient (Wildman–Crippen LogP) is 3.37. The number of aromatic nitrogens is 3. The van der Waals surface area contributed by atoms with Gasteiger partial charge in [0.25, 0.3) is 0 Å². The van der Waals surface area contributed by atoms with Crippen molar-refractivity contribution in [2.24, 2.45) is 0 Å². The van der Waals surface area contributed by atoms with Gasteiger partial charge < -0.3 is 9.64 Å². The molecule has 1 saturated heterocycles. The molecule has 144 valence electrons. The van der Waals surface area contributed by atoms with Crippen LogP contribution in [0.3, 0.4) is 0 Å². The Bertz CT molecular complexity index is 1010. The topological polar surface area (TPSA) is 74.3 Å². The SMILES string of the molecule is COc1cc(F)cc(CN2CCN(c3ccc(-c4cn[nH]c4)c(C)n3)C2=O)c1. The van der Waals surface area contributed by atoms with Crippen LogP contribution in [-0.4, -0.2) is 46.3 Å². The number of nitrogens with zero attached hydrogens (tertiary/aromatic N) is 4. The molecule has 7 nitrogen and oxygen atoms in total. The number of anilines is 1. The lowest BCUT2D eigenvalue weighted by Crippen LogP contribution is -2.32. The van der Waals surface area contributed by atoms with E-state index in [0.29, 0.717) is 36.8 Å². The Balaban J connectivity index is 1.51. The molecular formula is C20H20FN5O2. The number of aromatic amines is 1. The number of nitrogens with one attached hydrogen (secondary N) is 1. The van der Waals surface area contributed by atoms with Crippen molar-refractivity contribution < 1.29 is 13.9 Å². The van der Waals surface area contributed by atoms with Gasteiger partial charge in [0.05, 0.1) is 13.3 Å². The lowest BCUT2D eigenvalue weighted by Gasteiger charge is -2.19. The quantitative estimate of drug-likeness (QED) is 0.735. The zero-order valence-electron chi connectivity index (χ0n) is 15.6. The van der Waals surface area contributed by atoms with Gasteiger partial charge in [-0.1, -0.05) is 0 Å². The van der Waals surface area contributed by atoms with E-state index in [9.17, 15) is 9.18 Å². The molecule has 0 radical (unpaired) electrons. The van der Waals surface area contributed by atoms with Crippen molar-refractivity contribution in [2.45, 2.75) is 13.5 Å². The second-order valence-electron chi connectivity index (χ2n) is 6.64. The molecule has 0 saturated carbocycles. The van der Waals surface area contributed by atoms with Gasteiger partial charge in [-0.25, -0.2) is 14.2 Å². The van der Waals surface area contributed by atoms with Crippen LogP contribution in [0, 0.1) is 12.7 Å². The van der Waals surface area contributed by atoms with Crippen molar-refractivity contribution >= 4 is 11.8 Å². The molecule has 0 aliphatic carbocycles. The third-order valence-electron chi connectivity index (χ3n) is 4.79. The van der Waals surface area contributed by atoms with Crippen LogP contribution in [0.25, 0.3) is 11.1 Å². The summed E-state index contributed by atoms with van der Waals surface area (Å²) in [5.74, 6) is 0.657. The zero-order valence-corrected chi connectivity index (χ0v) is 15.6. The number of hydrogen-bond acceptors (Lipinski definition) is 4. The molecule has 0 spiro atoms. The number of benzene rings is 1. The molecule has 0 unspecified atom stereocenters. The Hall–Kier alpha value is -3.42. The zero-order chi connectivity index (χ0) is 19.7. The first-order valence-corrected chi connectivity index (χ1v) is 8.92. The Morgan fingerprint density at radius 3 is 2.82 bits per heavy atom. The van der Waals surface area contributed by atoms with Gasteiger partial charge in [-0.15, -0.1) is 0 Å². The number of amides is 2. The highest BCUT2D eigenvalue weighted by molar-refractivity contribution is 5.93. The maximum absolute atomic E-state index is 13.7. The summed E-state index contributed by atoms with van der Waals surface area (Å²) in [6, 6.07) is 8.10. The molecule has 1 aromatic carbocycles. The van der Waals surface area contributed by atoms with Crippen molar-refractivity contribution in [1.29, 1.82) is 0 Å². The molecule has 2 aromatic heterocycles. The molecular weight excluding hydrogens is 361 g/mol. The van der Waals surface area contributed by atoms with Crippen LogP contribution < -0.4 is 9.64 Å². The standard InChI is InChI=1S/C20H20FN5O2/c1-13-18(15-10-22-23-11-15)3-4-19(24-13)26-6-5-25(20(26)27)12-14-7-16(21)9-17(8-14)28-2/h3-4,7-11H,5-6,12H2,1-2H3,(H,22,23). The van der Waals surface area contributed by atoms with Crippen LogP contribution in [0.1, 0.15) is 11.3 Å². The minimum absolute atomic E-state index is 0.147. The number of carbonyl (C=O) groups excluding carboxylic acids is 1. The summed E-state index contributed by atoms with van der Waals surface area (Å²) in [6.07, 6.45) is 3.54. The Kier molecular flexibility index (Phi) is 4.68. The number of hydrogen-bond donors (Lipinski definition) is 1. The van der Waals surface area contributed by atoms with Gasteiger partial charge in [0.15, 0.2) is 0 Å². The van der Waals surface area contributed by atoms with Crippen LogP contribution in [0.4, 0.5) is 15.0 Å². The molecule has 2 amide bonds. The fourth-order valence-electron chi connectivity index (χ4n) is 3.39. The normalized spacial score (nSPS) is 14.0.